The summed E-state index contributed by atoms with van der Waals surface area (Å²) in [5.41, 5.74) is 3.71. The molecule has 3 N–H and O–H groups in total. The van der Waals surface area contributed by atoms with Crippen molar-refractivity contribution < 1.29 is 9.15 Å². The Morgan fingerprint density at radius 2 is 2.43 bits per heavy atom. The number of hydrogen-bond donors (Lipinski definition) is 2. The summed E-state index contributed by atoms with van der Waals surface area (Å²) in [7, 11) is 0. The maximum absolute atomic E-state index is 5.53. The van der Waals surface area contributed by atoms with Crippen LogP contribution in [-0.4, -0.2) is 6.61 Å². The van der Waals surface area contributed by atoms with Gasteiger partial charge in [-0.25, -0.2) is 5.43 Å². The van der Waals surface area contributed by atoms with E-state index < -0.39 is 0 Å². The van der Waals surface area contributed by atoms with Crippen molar-refractivity contribution in [2.45, 2.75) is 18.9 Å². The van der Waals surface area contributed by atoms with Crippen molar-refractivity contribution in [3.05, 3.63) is 36.0 Å². The Morgan fingerprint density at radius 1 is 1.50 bits per heavy atom. The number of hydrogen-bond acceptors (Lipinski definition) is 4. The van der Waals surface area contributed by atoms with Gasteiger partial charge in [0, 0.05) is 5.56 Å². The van der Waals surface area contributed by atoms with Gasteiger partial charge in [-0.3, -0.25) is 5.84 Å². The summed E-state index contributed by atoms with van der Waals surface area (Å²) >= 11 is 0. The lowest BCUT2D eigenvalue weighted by Crippen LogP contribution is -2.30. The highest BCUT2D eigenvalue weighted by molar-refractivity contribution is 5.21. The summed E-state index contributed by atoms with van der Waals surface area (Å²) in [4.78, 5) is 0. The van der Waals surface area contributed by atoms with Crippen LogP contribution >= 0.6 is 0 Å². The summed E-state index contributed by atoms with van der Waals surface area (Å²) in [5, 5.41) is 0. The summed E-state index contributed by atoms with van der Waals surface area (Å²) in [6, 6.07) is 1.79. The number of nitrogens with two attached hydrogens (primary N) is 1. The van der Waals surface area contributed by atoms with Gasteiger partial charge in [0.25, 0.3) is 0 Å². The summed E-state index contributed by atoms with van der Waals surface area (Å²) in [5.74, 6) is 6.37. The van der Waals surface area contributed by atoms with Gasteiger partial charge in [0.15, 0.2) is 0 Å². The third-order valence-electron chi connectivity index (χ3n) is 2.29. The molecule has 76 valence electrons. The topological polar surface area (TPSA) is 60.4 Å². The van der Waals surface area contributed by atoms with E-state index in [9.17, 15) is 0 Å². The lowest BCUT2D eigenvalue weighted by atomic mass is 10.1. The number of furan rings is 1. The fraction of sp³-hybridized carbons (Fsp3) is 0.400. The molecule has 0 aromatic carbocycles. The quantitative estimate of drug-likeness (QED) is 0.565. The molecule has 2 heterocycles. The van der Waals surface area contributed by atoms with Crippen LogP contribution in [0.25, 0.3) is 0 Å². The fourth-order valence-electron chi connectivity index (χ4n) is 1.56. The highest BCUT2D eigenvalue weighted by Gasteiger charge is 2.19. The van der Waals surface area contributed by atoms with Gasteiger partial charge in [0.2, 0.25) is 0 Å². The van der Waals surface area contributed by atoms with Gasteiger partial charge >= 0.3 is 0 Å². The third-order valence-corrected chi connectivity index (χ3v) is 2.29. The van der Waals surface area contributed by atoms with E-state index in [0.29, 0.717) is 0 Å². The Kier molecular flexibility index (Phi) is 2.86. The molecule has 0 radical (unpaired) electrons. The predicted octanol–water partition coefficient (Wildman–Crippen LogP) is 1.48. The second kappa shape index (κ2) is 4.30. The summed E-state index contributed by atoms with van der Waals surface area (Å²) < 4.78 is 10.5. The van der Waals surface area contributed by atoms with Crippen molar-refractivity contribution in [2.24, 2.45) is 5.84 Å². The van der Waals surface area contributed by atoms with Gasteiger partial charge < -0.3 is 9.15 Å². The average molecular weight is 194 g/mol. The van der Waals surface area contributed by atoms with Crippen LogP contribution in [0.5, 0.6) is 0 Å². The first-order chi connectivity index (χ1) is 6.92. The zero-order valence-electron chi connectivity index (χ0n) is 7.90. The van der Waals surface area contributed by atoms with Crippen molar-refractivity contribution in [3.8, 4) is 0 Å². The number of allylic oxidation sites excluding steroid dienone is 1. The minimum Gasteiger partial charge on any atom is -0.496 e. The Morgan fingerprint density at radius 3 is 3.00 bits per heavy atom. The van der Waals surface area contributed by atoms with Gasteiger partial charge in [-0.1, -0.05) is 0 Å². The minimum absolute atomic E-state index is 0.0888. The molecule has 1 aromatic heterocycles. The first kappa shape index (κ1) is 9.30. The van der Waals surface area contributed by atoms with Gasteiger partial charge in [0.05, 0.1) is 19.1 Å². The van der Waals surface area contributed by atoms with Crippen LogP contribution in [0.2, 0.25) is 0 Å². The van der Waals surface area contributed by atoms with E-state index in [2.05, 4.69) is 11.5 Å². The van der Waals surface area contributed by atoms with Crippen LogP contribution in [0.1, 0.15) is 24.4 Å². The second-order valence-corrected chi connectivity index (χ2v) is 3.25. The second-order valence-electron chi connectivity index (χ2n) is 3.25. The fourth-order valence-corrected chi connectivity index (χ4v) is 1.56. The Hall–Kier alpha value is -1.26. The third kappa shape index (κ3) is 1.81. The largest absolute Gasteiger partial charge is 0.496 e. The lowest BCUT2D eigenvalue weighted by Gasteiger charge is -2.22. The summed E-state index contributed by atoms with van der Waals surface area (Å²) in [6.07, 6.45) is 7.49. The van der Waals surface area contributed by atoms with E-state index in [4.69, 9.17) is 15.0 Å². The molecule has 0 saturated heterocycles. The SMILES string of the molecule is NNC(C1=CCCCO1)c1ccoc1. The molecule has 0 bridgehead atoms. The van der Waals surface area contributed by atoms with Gasteiger partial charge in [-0.15, -0.1) is 0 Å². The molecule has 0 amide bonds. The molecule has 14 heavy (non-hydrogen) atoms. The standard InChI is InChI=1S/C10H14N2O2/c11-12-10(8-4-6-13-7-8)9-3-1-2-5-14-9/h3-4,6-7,10,12H,1-2,5,11H2. The van der Waals surface area contributed by atoms with Crippen LogP contribution < -0.4 is 11.3 Å². The van der Waals surface area contributed by atoms with E-state index in [-0.39, 0.29) is 6.04 Å². The molecular formula is C10H14N2O2. The van der Waals surface area contributed by atoms with E-state index in [1.54, 1.807) is 12.5 Å². The van der Waals surface area contributed by atoms with Crippen molar-refractivity contribution in [3.63, 3.8) is 0 Å². The Bertz CT molecular complexity index is 306. The molecule has 0 saturated carbocycles. The van der Waals surface area contributed by atoms with Crippen molar-refractivity contribution in [1.82, 2.24) is 5.43 Å². The van der Waals surface area contributed by atoms with Gasteiger partial charge in [-0.2, -0.15) is 0 Å². The predicted molar refractivity (Wildman–Crippen MR) is 52.0 cm³/mol. The molecule has 4 nitrogen and oxygen atoms in total. The van der Waals surface area contributed by atoms with E-state index >= 15 is 0 Å². The Labute approximate surface area is 82.7 Å². The molecule has 0 aliphatic carbocycles. The molecule has 0 fully saturated rings. The zero-order chi connectivity index (χ0) is 9.80. The molecule has 1 unspecified atom stereocenters. The number of ether oxygens (including phenoxy) is 1. The van der Waals surface area contributed by atoms with Crippen molar-refractivity contribution in [1.29, 1.82) is 0 Å². The number of hydrazine groups is 1. The van der Waals surface area contributed by atoms with E-state index in [1.165, 1.54) is 0 Å². The highest BCUT2D eigenvalue weighted by atomic mass is 16.5. The monoisotopic (exact) mass is 194 g/mol. The molecular weight excluding hydrogens is 180 g/mol. The maximum Gasteiger partial charge on any atom is 0.115 e. The van der Waals surface area contributed by atoms with Crippen molar-refractivity contribution in [2.75, 3.05) is 6.61 Å². The molecule has 1 aliphatic heterocycles. The van der Waals surface area contributed by atoms with Crippen LogP contribution in [0.3, 0.4) is 0 Å². The molecule has 1 aliphatic rings. The summed E-state index contributed by atoms with van der Waals surface area (Å²) in [6.45, 7) is 0.766. The molecule has 2 rings (SSSR count). The number of nitrogens with one attached hydrogen (secondary N) is 1. The smallest absolute Gasteiger partial charge is 0.115 e. The first-order valence-electron chi connectivity index (χ1n) is 4.73. The van der Waals surface area contributed by atoms with Crippen LogP contribution in [0.15, 0.2) is 34.8 Å². The van der Waals surface area contributed by atoms with Crippen LogP contribution in [0, 0.1) is 0 Å². The van der Waals surface area contributed by atoms with Crippen LogP contribution in [-0.2, 0) is 4.74 Å². The minimum atomic E-state index is -0.0888. The number of rotatable bonds is 3. The zero-order valence-corrected chi connectivity index (χ0v) is 7.90. The normalized spacial score (nSPS) is 18.5. The molecule has 0 spiro atoms. The molecule has 1 atom stereocenters. The van der Waals surface area contributed by atoms with Gasteiger partial charge in [-0.05, 0) is 25.0 Å². The Balaban J connectivity index is 2.16. The molecule has 1 aromatic rings. The average Bonchev–Trinajstić information content (AvgIpc) is 2.74. The van der Waals surface area contributed by atoms with Crippen molar-refractivity contribution >= 4 is 0 Å². The molecule has 4 heteroatoms. The van der Waals surface area contributed by atoms with Crippen LogP contribution in [0.4, 0.5) is 0 Å². The first-order valence-corrected chi connectivity index (χ1v) is 4.73. The lowest BCUT2D eigenvalue weighted by molar-refractivity contribution is 0.167. The highest BCUT2D eigenvalue weighted by Crippen LogP contribution is 2.25. The van der Waals surface area contributed by atoms with E-state index in [0.717, 1.165) is 30.8 Å². The van der Waals surface area contributed by atoms with Gasteiger partial charge in [0.1, 0.15) is 11.8 Å². The van der Waals surface area contributed by atoms with E-state index in [1.807, 2.05) is 6.07 Å². The maximum atomic E-state index is 5.53.